The van der Waals surface area contributed by atoms with Crippen LogP contribution in [0.2, 0.25) is 0 Å². The second kappa shape index (κ2) is 12.5. The van der Waals surface area contributed by atoms with Gasteiger partial charge in [-0.15, -0.1) is 0 Å². The predicted molar refractivity (Wildman–Crippen MR) is 228 cm³/mol. The Morgan fingerprint density at radius 1 is 0.439 bits per heavy atom. The fraction of sp³-hybridized carbons (Fsp3) is 0.0392. The number of fused-ring (bicyclic) bond motifs is 10. The number of benzene rings is 7. The van der Waals surface area contributed by atoms with Crippen molar-refractivity contribution in [1.82, 2.24) is 15.0 Å². The zero-order valence-electron chi connectivity index (χ0n) is 30.6. The maximum atomic E-state index is 6.58. The van der Waals surface area contributed by atoms with E-state index in [-0.39, 0.29) is 12.0 Å². The van der Waals surface area contributed by atoms with Crippen LogP contribution in [0.3, 0.4) is 0 Å². The summed E-state index contributed by atoms with van der Waals surface area (Å²) in [5.74, 6) is 2.73. The Labute approximate surface area is 328 Å². The molecule has 7 aromatic carbocycles. The molecule has 2 aliphatic rings. The van der Waals surface area contributed by atoms with Crippen LogP contribution in [0.25, 0.3) is 84.3 Å². The molecule has 0 radical (unpaired) electrons. The molecular formula is C51H32N4O2. The number of hydrogen-bond donors (Lipinski definition) is 0. The average Bonchev–Trinajstić information content (AvgIpc) is 3.95. The molecule has 0 saturated heterocycles. The lowest BCUT2D eigenvalue weighted by Crippen LogP contribution is -2.30. The molecular weight excluding hydrogens is 701 g/mol. The summed E-state index contributed by atoms with van der Waals surface area (Å²) >= 11 is 0. The fourth-order valence-electron chi connectivity index (χ4n) is 8.86. The van der Waals surface area contributed by atoms with Crippen molar-refractivity contribution in [2.24, 2.45) is 0 Å². The van der Waals surface area contributed by atoms with Gasteiger partial charge in [-0.2, -0.15) is 0 Å². The van der Waals surface area contributed by atoms with Gasteiger partial charge in [-0.25, -0.2) is 15.0 Å². The van der Waals surface area contributed by atoms with Gasteiger partial charge in [0.25, 0.3) is 0 Å². The van der Waals surface area contributed by atoms with E-state index in [0.29, 0.717) is 17.5 Å². The Kier molecular flexibility index (Phi) is 6.95. The minimum Gasteiger partial charge on any atom is -0.456 e. The summed E-state index contributed by atoms with van der Waals surface area (Å²) in [7, 11) is 0. The van der Waals surface area contributed by atoms with Crippen LogP contribution in [0.4, 0.5) is 11.4 Å². The zero-order valence-corrected chi connectivity index (χ0v) is 30.6. The van der Waals surface area contributed by atoms with E-state index < -0.39 is 0 Å². The van der Waals surface area contributed by atoms with Crippen molar-refractivity contribution >= 4 is 50.4 Å². The number of furan rings is 2. The van der Waals surface area contributed by atoms with E-state index in [9.17, 15) is 0 Å². The molecule has 6 nitrogen and oxygen atoms in total. The van der Waals surface area contributed by atoms with Crippen molar-refractivity contribution in [3.05, 3.63) is 193 Å². The standard InChI is InChI=1S/C51H32N4O2/c1-3-11-31(12-4-1)32-19-21-33(22-20-32)49-52-50(54-51(53-49)35-23-25-38-37-15-8-10-18-43(37)57-46(38)30-35)34-24-27-44-40(29-34)48-45(56-44)28-26-42-47(48)39-16-7-9-17-41(39)55(42)36-13-5-2-6-14-36/h1-30,42,47H. The second-order valence-corrected chi connectivity index (χ2v) is 14.7. The lowest BCUT2D eigenvalue weighted by atomic mass is 9.82. The van der Waals surface area contributed by atoms with Crippen LogP contribution in [0.5, 0.6) is 0 Å². The number of rotatable bonds is 5. The van der Waals surface area contributed by atoms with E-state index in [1.165, 1.54) is 22.5 Å². The first-order valence-electron chi connectivity index (χ1n) is 19.3. The highest BCUT2D eigenvalue weighted by Gasteiger charge is 2.43. The van der Waals surface area contributed by atoms with Crippen molar-refractivity contribution in [2.75, 3.05) is 4.90 Å². The number of anilines is 2. The summed E-state index contributed by atoms with van der Waals surface area (Å²) in [6.45, 7) is 0. The quantitative estimate of drug-likeness (QED) is 0.175. The minimum atomic E-state index is 0.0843. The van der Waals surface area contributed by atoms with Gasteiger partial charge in [-0.05, 0) is 77.4 Å². The van der Waals surface area contributed by atoms with Gasteiger partial charge in [0.2, 0.25) is 0 Å². The molecule has 1 aliphatic heterocycles. The van der Waals surface area contributed by atoms with Gasteiger partial charge in [0.15, 0.2) is 17.5 Å². The van der Waals surface area contributed by atoms with Gasteiger partial charge in [0.05, 0.1) is 6.04 Å². The summed E-state index contributed by atoms with van der Waals surface area (Å²) in [5, 5.41) is 3.20. The lowest BCUT2D eigenvalue weighted by molar-refractivity contribution is 0.584. The SMILES string of the molecule is C1=CC2C(c3ccccc3N2c2ccccc2)c2c1oc1ccc(-c3nc(-c4ccc(-c5ccccc5)cc4)nc(-c4ccc5c(c4)oc4ccccc45)n3)cc21. The molecule has 3 aromatic heterocycles. The molecule has 6 heteroatoms. The third kappa shape index (κ3) is 5.07. The molecule has 2 unspecified atom stereocenters. The Balaban J connectivity index is 1.01. The Hall–Kier alpha value is -7.57. The van der Waals surface area contributed by atoms with Crippen LogP contribution < -0.4 is 4.90 Å². The van der Waals surface area contributed by atoms with Crippen LogP contribution >= 0.6 is 0 Å². The number of aromatic nitrogens is 3. The molecule has 268 valence electrons. The van der Waals surface area contributed by atoms with Gasteiger partial charge in [0.1, 0.15) is 22.5 Å². The predicted octanol–water partition coefficient (Wildman–Crippen LogP) is 12.9. The third-order valence-corrected chi connectivity index (χ3v) is 11.5. The maximum absolute atomic E-state index is 6.58. The van der Waals surface area contributed by atoms with Crippen LogP contribution in [0.1, 0.15) is 22.8 Å². The van der Waals surface area contributed by atoms with Crippen molar-refractivity contribution < 1.29 is 8.83 Å². The fourth-order valence-corrected chi connectivity index (χ4v) is 8.86. The largest absolute Gasteiger partial charge is 0.456 e. The Bertz CT molecular complexity index is 3200. The van der Waals surface area contributed by atoms with E-state index in [1.54, 1.807) is 0 Å². The van der Waals surface area contributed by atoms with Crippen LogP contribution in [0, 0.1) is 0 Å². The average molecular weight is 733 g/mol. The van der Waals surface area contributed by atoms with Crippen LogP contribution in [-0.2, 0) is 0 Å². The zero-order chi connectivity index (χ0) is 37.5. The van der Waals surface area contributed by atoms with Gasteiger partial charge >= 0.3 is 0 Å². The Morgan fingerprint density at radius 3 is 1.86 bits per heavy atom. The van der Waals surface area contributed by atoms with Crippen molar-refractivity contribution in [1.29, 1.82) is 0 Å². The lowest BCUT2D eigenvalue weighted by Gasteiger charge is -2.30. The molecule has 10 aromatic rings. The van der Waals surface area contributed by atoms with Gasteiger partial charge < -0.3 is 13.7 Å². The molecule has 2 atom stereocenters. The van der Waals surface area contributed by atoms with Crippen molar-refractivity contribution in [2.45, 2.75) is 12.0 Å². The molecule has 0 fully saturated rings. The Morgan fingerprint density at radius 2 is 1.04 bits per heavy atom. The second-order valence-electron chi connectivity index (χ2n) is 14.7. The molecule has 12 rings (SSSR count). The van der Waals surface area contributed by atoms with Crippen molar-refractivity contribution in [3.8, 4) is 45.3 Å². The topological polar surface area (TPSA) is 68.2 Å². The van der Waals surface area contributed by atoms with E-state index in [4.69, 9.17) is 23.8 Å². The minimum absolute atomic E-state index is 0.0843. The maximum Gasteiger partial charge on any atom is 0.164 e. The summed E-state index contributed by atoms with van der Waals surface area (Å²) < 4.78 is 12.9. The van der Waals surface area contributed by atoms with Crippen LogP contribution in [0.15, 0.2) is 185 Å². The summed E-state index contributed by atoms with van der Waals surface area (Å²) in [4.78, 5) is 17.9. The van der Waals surface area contributed by atoms with E-state index in [1.807, 2.05) is 30.3 Å². The van der Waals surface area contributed by atoms with Gasteiger partial charge in [-0.1, -0.05) is 121 Å². The molecule has 0 amide bonds. The molecule has 0 saturated carbocycles. The molecule has 4 heterocycles. The first-order valence-corrected chi connectivity index (χ1v) is 19.3. The normalized spacial score (nSPS) is 15.6. The summed E-state index contributed by atoms with van der Waals surface area (Å²) in [6.07, 6.45) is 4.43. The number of para-hydroxylation sites is 3. The van der Waals surface area contributed by atoms with Gasteiger partial charge in [-0.3, -0.25) is 0 Å². The third-order valence-electron chi connectivity index (χ3n) is 11.5. The van der Waals surface area contributed by atoms with E-state index >= 15 is 0 Å². The first kappa shape index (κ1) is 31.7. The van der Waals surface area contributed by atoms with Gasteiger partial charge in [0, 0.05) is 55.7 Å². The smallest absolute Gasteiger partial charge is 0.164 e. The highest BCUT2D eigenvalue weighted by atomic mass is 16.3. The highest BCUT2D eigenvalue weighted by Crippen LogP contribution is 2.53. The molecule has 1 aliphatic carbocycles. The van der Waals surface area contributed by atoms with E-state index in [0.717, 1.165) is 66.5 Å². The van der Waals surface area contributed by atoms with E-state index in [2.05, 4.69) is 157 Å². The first-order chi connectivity index (χ1) is 28.2. The highest BCUT2D eigenvalue weighted by molar-refractivity contribution is 6.05. The monoisotopic (exact) mass is 732 g/mol. The number of nitrogens with zero attached hydrogens (tertiary/aromatic N) is 4. The molecule has 0 N–H and O–H groups in total. The van der Waals surface area contributed by atoms with Crippen molar-refractivity contribution in [3.63, 3.8) is 0 Å². The molecule has 0 bridgehead atoms. The summed E-state index contributed by atoms with van der Waals surface area (Å²) in [6, 6.07) is 58.9. The molecule has 57 heavy (non-hydrogen) atoms. The van der Waals surface area contributed by atoms with Crippen LogP contribution in [-0.4, -0.2) is 21.0 Å². The molecule has 0 spiro atoms. The summed E-state index contributed by atoms with van der Waals surface area (Å²) in [5.41, 5.74) is 12.3. The number of hydrogen-bond acceptors (Lipinski definition) is 6.